The number of nitrogens with one attached hydrogen (secondary N) is 2. The molecule has 1 fully saturated rings. The second kappa shape index (κ2) is 4.74. The Morgan fingerprint density at radius 2 is 2.25 bits per heavy atom. The topological polar surface area (TPSA) is 50.4 Å². The van der Waals surface area contributed by atoms with Gasteiger partial charge in [-0.1, -0.05) is 15.9 Å². The third-order valence-electron chi connectivity index (χ3n) is 2.32. The lowest BCUT2D eigenvalue weighted by Crippen LogP contribution is -2.30. The molecule has 0 aromatic heterocycles. The summed E-state index contributed by atoms with van der Waals surface area (Å²) in [7, 11) is 1.58. The number of urea groups is 1. The van der Waals surface area contributed by atoms with Crippen molar-refractivity contribution in [1.29, 1.82) is 0 Å². The van der Waals surface area contributed by atoms with Gasteiger partial charge in [-0.25, -0.2) is 4.79 Å². The van der Waals surface area contributed by atoms with E-state index in [0.29, 0.717) is 17.5 Å². The Morgan fingerprint density at radius 3 is 2.88 bits per heavy atom. The number of rotatable bonds is 3. The van der Waals surface area contributed by atoms with E-state index >= 15 is 0 Å². The van der Waals surface area contributed by atoms with E-state index in [9.17, 15) is 4.79 Å². The van der Waals surface area contributed by atoms with Gasteiger partial charge >= 0.3 is 6.03 Å². The molecular formula is C11H13BrN2O2. The number of amides is 2. The number of carbonyl (C=O) groups excluding carboxylic acids is 1. The largest absolute Gasteiger partial charge is 0.495 e. The van der Waals surface area contributed by atoms with Gasteiger partial charge in [-0.15, -0.1) is 0 Å². The van der Waals surface area contributed by atoms with Crippen LogP contribution in [0.5, 0.6) is 5.75 Å². The first kappa shape index (κ1) is 11.3. The molecule has 0 unspecified atom stereocenters. The van der Waals surface area contributed by atoms with Crippen molar-refractivity contribution in [3.05, 3.63) is 22.7 Å². The highest BCUT2D eigenvalue weighted by Gasteiger charge is 2.23. The molecule has 1 aromatic carbocycles. The van der Waals surface area contributed by atoms with E-state index in [4.69, 9.17) is 4.74 Å². The summed E-state index contributed by atoms with van der Waals surface area (Å²) in [6.45, 7) is 0. The molecule has 1 aromatic rings. The molecule has 0 heterocycles. The number of hydrogen-bond acceptors (Lipinski definition) is 2. The van der Waals surface area contributed by atoms with E-state index in [1.54, 1.807) is 13.2 Å². The highest BCUT2D eigenvalue weighted by Crippen LogP contribution is 2.28. The zero-order chi connectivity index (χ0) is 11.5. The summed E-state index contributed by atoms with van der Waals surface area (Å²) in [5, 5.41) is 5.62. The summed E-state index contributed by atoms with van der Waals surface area (Å²) < 4.78 is 6.06. The fraction of sp³-hybridized carbons (Fsp3) is 0.364. The minimum Gasteiger partial charge on any atom is -0.495 e. The Bertz CT molecular complexity index is 405. The van der Waals surface area contributed by atoms with E-state index in [2.05, 4.69) is 26.6 Å². The molecule has 4 nitrogen and oxygen atoms in total. The van der Waals surface area contributed by atoms with Crippen molar-refractivity contribution < 1.29 is 9.53 Å². The number of ether oxygens (including phenoxy) is 1. The molecule has 1 saturated carbocycles. The van der Waals surface area contributed by atoms with E-state index in [0.717, 1.165) is 17.3 Å². The molecule has 2 amide bonds. The predicted molar refractivity (Wildman–Crippen MR) is 65.9 cm³/mol. The summed E-state index contributed by atoms with van der Waals surface area (Å²) in [4.78, 5) is 11.5. The van der Waals surface area contributed by atoms with Crippen LogP contribution in [0.1, 0.15) is 12.8 Å². The molecule has 2 rings (SSSR count). The van der Waals surface area contributed by atoms with E-state index < -0.39 is 0 Å². The van der Waals surface area contributed by atoms with Gasteiger partial charge in [0.15, 0.2) is 0 Å². The molecule has 5 heteroatoms. The zero-order valence-electron chi connectivity index (χ0n) is 8.92. The molecule has 1 aliphatic rings. The molecular weight excluding hydrogens is 272 g/mol. The van der Waals surface area contributed by atoms with Gasteiger partial charge in [-0.2, -0.15) is 0 Å². The number of methoxy groups -OCH3 is 1. The van der Waals surface area contributed by atoms with E-state index in [-0.39, 0.29) is 6.03 Å². The lowest BCUT2D eigenvalue weighted by Gasteiger charge is -2.11. The summed E-state index contributed by atoms with van der Waals surface area (Å²) >= 11 is 3.35. The van der Waals surface area contributed by atoms with Gasteiger partial charge in [0.2, 0.25) is 0 Å². The molecule has 0 aliphatic heterocycles. The quantitative estimate of drug-likeness (QED) is 0.897. The first-order valence-electron chi connectivity index (χ1n) is 5.10. The van der Waals surface area contributed by atoms with Crippen LogP contribution in [-0.4, -0.2) is 19.2 Å². The first-order valence-corrected chi connectivity index (χ1v) is 5.89. The van der Waals surface area contributed by atoms with Crippen LogP contribution in [0.25, 0.3) is 0 Å². The maximum absolute atomic E-state index is 11.5. The van der Waals surface area contributed by atoms with Crippen LogP contribution in [0, 0.1) is 0 Å². The van der Waals surface area contributed by atoms with Crippen molar-refractivity contribution in [2.45, 2.75) is 18.9 Å². The number of halogens is 1. The predicted octanol–water partition coefficient (Wildman–Crippen LogP) is 2.74. The Hall–Kier alpha value is -1.23. The monoisotopic (exact) mass is 284 g/mol. The van der Waals surface area contributed by atoms with Crippen molar-refractivity contribution in [3.63, 3.8) is 0 Å². The van der Waals surface area contributed by atoms with Gasteiger partial charge in [0.05, 0.1) is 12.8 Å². The third kappa shape index (κ3) is 2.88. The molecule has 0 saturated heterocycles. The Kier molecular flexibility index (Phi) is 3.33. The lowest BCUT2D eigenvalue weighted by atomic mass is 10.3. The van der Waals surface area contributed by atoms with Gasteiger partial charge < -0.3 is 15.4 Å². The molecule has 0 atom stereocenters. The minimum absolute atomic E-state index is 0.182. The van der Waals surface area contributed by atoms with Crippen LogP contribution in [-0.2, 0) is 0 Å². The Morgan fingerprint density at radius 1 is 1.50 bits per heavy atom. The van der Waals surface area contributed by atoms with Crippen LogP contribution in [0.3, 0.4) is 0 Å². The molecule has 0 spiro atoms. The van der Waals surface area contributed by atoms with Crippen LogP contribution < -0.4 is 15.4 Å². The number of carbonyl (C=O) groups is 1. The fourth-order valence-electron chi connectivity index (χ4n) is 1.35. The van der Waals surface area contributed by atoms with Crippen LogP contribution >= 0.6 is 15.9 Å². The maximum Gasteiger partial charge on any atom is 0.319 e. The van der Waals surface area contributed by atoms with Crippen LogP contribution in [0.4, 0.5) is 10.5 Å². The Balaban J connectivity index is 2.05. The number of anilines is 1. The van der Waals surface area contributed by atoms with Crippen LogP contribution in [0.15, 0.2) is 22.7 Å². The fourth-order valence-corrected chi connectivity index (χ4v) is 1.71. The SMILES string of the molecule is COc1ccc(Br)cc1NC(=O)NC1CC1. The van der Waals surface area contributed by atoms with Gasteiger partial charge in [0.25, 0.3) is 0 Å². The highest BCUT2D eigenvalue weighted by molar-refractivity contribution is 9.10. The molecule has 16 heavy (non-hydrogen) atoms. The summed E-state index contributed by atoms with van der Waals surface area (Å²) in [5.74, 6) is 0.647. The van der Waals surface area contributed by atoms with Crippen LogP contribution in [0.2, 0.25) is 0 Å². The average Bonchev–Trinajstić information content (AvgIpc) is 3.02. The average molecular weight is 285 g/mol. The maximum atomic E-state index is 11.5. The van der Waals surface area contributed by atoms with E-state index in [1.165, 1.54) is 0 Å². The van der Waals surface area contributed by atoms with Gasteiger partial charge in [0, 0.05) is 10.5 Å². The first-order chi connectivity index (χ1) is 7.69. The second-order valence-electron chi connectivity index (χ2n) is 3.72. The van der Waals surface area contributed by atoms with Crippen molar-refractivity contribution in [2.24, 2.45) is 0 Å². The lowest BCUT2D eigenvalue weighted by molar-refractivity contribution is 0.251. The molecule has 0 radical (unpaired) electrons. The van der Waals surface area contributed by atoms with Crippen molar-refractivity contribution in [1.82, 2.24) is 5.32 Å². The van der Waals surface area contributed by atoms with Gasteiger partial charge in [-0.3, -0.25) is 0 Å². The highest BCUT2D eigenvalue weighted by atomic mass is 79.9. The smallest absolute Gasteiger partial charge is 0.319 e. The number of benzene rings is 1. The minimum atomic E-state index is -0.182. The van der Waals surface area contributed by atoms with Gasteiger partial charge in [-0.05, 0) is 31.0 Å². The normalized spacial score (nSPS) is 14.4. The molecule has 0 bridgehead atoms. The molecule has 1 aliphatic carbocycles. The molecule has 2 N–H and O–H groups in total. The standard InChI is InChI=1S/C11H13BrN2O2/c1-16-10-5-2-7(12)6-9(10)14-11(15)13-8-3-4-8/h2,5-6,8H,3-4H2,1H3,(H2,13,14,15). The van der Waals surface area contributed by atoms with Crippen molar-refractivity contribution in [3.8, 4) is 5.75 Å². The summed E-state index contributed by atoms with van der Waals surface area (Å²) in [6.07, 6.45) is 2.14. The summed E-state index contributed by atoms with van der Waals surface area (Å²) in [5.41, 5.74) is 0.662. The van der Waals surface area contributed by atoms with Gasteiger partial charge in [0.1, 0.15) is 5.75 Å². The second-order valence-corrected chi connectivity index (χ2v) is 4.63. The van der Waals surface area contributed by atoms with Crippen molar-refractivity contribution in [2.75, 3.05) is 12.4 Å². The molecule has 86 valence electrons. The Labute approximate surface area is 102 Å². The number of hydrogen-bond donors (Lipinski definition) is 2. The third-order valence-corrected chi connectivity index (χ3v) is 2.82. The summed E-state index contributed by atoms with van der Waals surface area (Å²) in [6, 6.07) is 5.64. The van der Waals surface area contributed by atoms with Crippen molar-refractivity contribution >= 4 is 27.6 Å². The van der Waals surface area contributed by atoms with E-state index in [1.807, 2.05) is 12.1 Å². The zero-order valence-corrected chi connectivity index (χ0v) is 10.5.